The van der Waals surface area contributed by atoms with Crippen LogP contribution >= 0.6 is 0 Å². The van der Waals surface area contributed by atoms with Crippen molar-refractivity contribution >= 4 is 0 Å². The average molecular weight is 231 g/mol. The first-order valence-electron chi connectivity index (χ1n) is 5.72. The van der Waals surface area contributed by atoms with Crippen LogP contribution in [0.1, 0.15) is 29.9 Å². The standard InChI is InChI=1S/C14H17NO2/c1-10-6-7-17-14(10)9-15-11(2)12-4-3-5-13(16)8-12/h3-8,11,15-16H,9H2,1-2H3. The van der Waals surface area contributed by atoms with Crippen molar-refractivity contribution in [1.82, 2.24) is 5.32 Å². The van der Waals surface area contributed by atoms with Crippen LogP contribution in [0, 0.1) is 6.92 Å². The Morgan fingerprint density at radius 2 is 2.18 bits per heavy atom. The summed E-state index contributed by atoms with van der Waals surface area (Å²) in [4.78, 5) is 0. The van der Waals surface area contributed by atoms with Crippen LogP contribution in [-0.2, 0) is 6.54 Å². The number of hydrogen-bond donors (Lipinski definition) is 2. The summed E-state index contributed by atoms with van der Waals surface area (Å²) >= 11 is 0. The molecule has 1 atom stereocenters. The maximum absolute atomic E-state index is 9.41. The van der Waals surface area contributed by atoms with E-state index in [9.17, 15) is 5.11 Å². The molecule has 0 saturated carbocycles. The van der Waals surface area contributed by atoms with Gasteiger partial charge in [0.25, 0.3) is 0 Å². The van der Waals surface area contributed by atoms with Crippen LogP contribution in [0.15, 0.2) is 41.0 Å². The Kier molecular flexibility index (Phi) is 3.49. The van der Waals surface area contributed by atoms with E-state index >= 15 is 0 Å². The van der Waals surface area contributed by atoms with Gasteiger partial charge < -0.3 is 14.8 Å². The molecule has 90 valence electrons. The Labute approximate surface area is 101 Å². The normalized spacial score (nSPS) is 12.6. The fourth-order valence-corrected chi connectivity index (χ4v) is 1.74. The molecule has 2 aromatic rings. The molecule has 1 aromatic heterocycles. The molecule has 0 amide bonds. The molecule has 0 radical (unpaired) electrons. The van der Waals surface area contributed by atoms with Crippen molar-refractivity contribution in [2.75, 3.05) is 0 Å². The Morgan fingerprint density at radius 1 is 1.35 bits per heavy atom. The Balaban J connectivity index is 1.98. The van der Waals surface area contributed by atoms with Crippen LogP contribution in [0.4, 0.5) is 0 Å². The molecule has 0 saturated heterocycles. The lowest BCUT2D eigenvalue weighted by Gasteiger charge is -2.13. The second-order valence-electron chi connectivity index (χ2n) is 4.22. The van der Waals surface area contributed by atoms with Crippen molar-refractivity contribution in [1.29, 1.82) is 0 Å². The summed E-state index contributed by atoms with van der Waals surface area (Å²) in [6, 6.07) is 9.41. The van der Waals surface area contributed by atoms with Crippen LogP contribution in [0.2, 0.25) is 0 Å². The number of benzene rings is 1. The van der Waals surface area contributed by atoms with Crippen LogP contribution in [0.25, 0.3) is 0 Å². The van der Waals surface area contributed by atoms with E-state index in [2.05, 4.69) is 12.2 Å². The third-order valence-corrected chi connectivity index (χ3v) is 2.91. The molecule has 3 heteroatoms. The molecule has 0 fully saturated rings. The zero-order valence-corrected chi connectivity index (χ0v) is 10.1. The molecular weight excluding hydrogens is 214 g/mol. The highest BCUT2D eigenvalue weighted by atomic mass is 16.3. The molecule has 1 unspecified atom stereocenters. The Morgan fingerprint density at radius 3 is 2.82 bits per heavy atom. The minimum Gasteiger partial charge on any atom is -0.508 e. The summed E-state index contributed by atoms with van der Waals surface area (Å²) in [5.74, 6) is 1.25. The van der Waals surface area contributed by atoms with Gasteiger partial charge in [0.15, 0.2) is 0 Å². The van der Waals surface area contributed by atoms with Gasteiger partial charge in [-0.25, -0.2) is 0 Å². The van der Waals surface area contributed by atoms with Gasteiger partial charge in [0.2, 0.25) is 0 Å². The van der Waals surface area contributed by atoms with Gasteiger partial charge in [-0.1, -0.05) is 12.1 Å². The first kappa shape index (κ1) is 11.7. The number of furan rings is 1. The van der Waals surface area contributed by atoms with Gasteiger partial charge in [0.1, 0.15) is 11.5 Å². The lowest BCUT2D eigenvalue weighted by Crippen LogP contribution is -2.18. The van der Waals surface area contributed by atoms with Gasteiger partial charge in [0.05, 0.1) is 12.8 Å². The molecule has 0 aliphatic rings. The van der Waals surface area contributed by atoms with Gasteiger partial charge in [-0.3, -0.25) is 0 Å². The van der Waals surface area contributed by atoms with E-state index in [4.69, 9.17) is 4.42 Å². The lowest BCUT2D eigenvalue weighted by molar-refractivity contribution is 0.454. The number of rotatable bonds is 4. The molecule has 17 heavy (non-hydrogen) atoms. The van der Waals surface area contributed by atoms with Crippen LogP contribution < -0.4 is 5.32 Å². The smallest absolute Gasteiger partial charge is 0.120 e. The van der Waals surface area contributed by atoms with Crippen LogP contribution in [0.5, 0.6) is 5.75 Å². The fraction of sp³-hybridized carbons (Fsp3) is 0.286. The number of nitrogens with one attached hydrogen (secondary N) is 1. The third kappa shape index (κ3) is 2.88. The number of phenolic OH excluding ortho intramolecular Hbond substituents is 1. The maximum Gasteiger partial charge on any atom is 0.120 e. The van der Waals surface area contributed by atoms with Crippen molar-refractivity contribution in [2.45, 2.75) is 26.4 Å². The molecule has 0 aliphatic carbocycles. The van der Waals surface area contributed by atoms with Gasteiger partial charge in [-0.15, -0.1) is 0 Å². The van der Waals surface area contributed by atoms with Crippen molar-refractivity contribution < 1.29 is 9.52 Å². The largest absolute Gasteiger partial charge is 0.508 e. The van der Waals surface area contributed by atoms with E-state index in [0.717, 1.165) is 16.9 Å². The van der Waals surface area contributed by atoms with E-state index in [1.807, 2.05) is 25.1 Å². The summed E-state index contributed by atoms with van der Waals surface area (Å²) < 4.78 is 5.36. The highest BCUT2D eigenvalue weighted by Gasteiger charge is 2.07. The number of aryl methyl sites for hydroxylation is 1. The quantitative estimate of drug-likeness (QED) is 0.849. The van der Waals surface area contributed by atoms with Gasteiger partial charge in [0, 0.05) is 6.04 Å². The lowest BCUT2D eigenvalue weighted by atomic mass is 10.1. The van der Waals surface area contributed by atoms with Crippen molar-refractivity contribution in [3.63, 3.8) is 0 Å². The topological polar surface area (TPSA) is 45.4 Å². The second kappa shape index (κ2) is 5.06. The summed E-state index contributed by atoms with van der Waals surface area (Å²) in [5, 5.41) is 12.8. The molecule has 1 heterocycles. The molecule has 2 N–H and O–H groups in total. The van der Waals surface area contributed by atoms with E-state index in [1.165, 1.54) is 0 Å². The Bertz CT molecular complexity index is 490. The zero-order chi connectivity index (χ0) is 12.3. The first-order valence-corrected chi connectivity index (χ1v) is 5.72. The highest BCUT2D eigenvalue weighted by Crippen LogP contribution is 2.18. The minimum atomic E-state index is 0.173. The molecule has 0 aliphatic heterocycles. The molecular formula is C14H17NO2. The first-order chi connectivity index (χ1) is 8.16. The molecule has 1 aromatic carbocycles. The van der Waals surface area contributed by atoms with Crippen LogP contribution in [0.3, 0.4) is 0 Å². The second-order valence-corrected chi connectivity index (χ2v) is 4.22. The molecule has 3 nitrogen and oxygen atoms in total. The number of hydrogen-bond acceptors (Lipinski definition) is 3. The van der Waals surface area contributed by atoms with E-state index in [1.54, 1.807) is 18.4 Å². The third-order valence-electron chi connectivity index (χ3n) is 2.91. The predicted molar refractivity (Wildman–Crippen MR) is 66.8 cm³/mol. The zero-order valence-electron chi connectivity index (χ0n) is 10.1. The monoisotopic (exact) mass is 231 g/mol. The predicted octanol–water partition coefficient (Wildman–Crippen LogP) is 3.14. The summed E-state index contributed by atoms with van der Waals surface area (Å²) in [6.07, 6.45) is 1.70. The van der Waals surface area contributed by atoms with Gasteiger partial charge >= 0.3 is 0 Å². The highest BCUT2D eigenvalue weighted by molar-refractivity contribution is 5.29. The van der Waals surface area contributed by atoms with E-state index in [0.29, 0.717) is 12.3 Å². The minimum absolute atomic E-state index is 0.173. The van der Waals surface area contributed by atoms with Gasteiger partial charge in [-0.05, 0) is 43.2 Å². The van der Waals surface area contributed by atoms with Crippen LogP contribution in [-0.4, -0.2) is 5.11 Å². The van der Waals surface area contributed by atoms with Crippen molar-refractivity contribution in [2.24, 2.45) is 0 Å². The van der Waals surface area contributed by atoms with Gasteiger partial charge in [-0.2, -0.15) is 0 Å². The Hall–Kier alpha value is -1.74. The van der Waals surface area contributed by atoms with E-state index in [-0.39, 0.29) is 6.04 Å². The van der Waals surface area contributed by atoms with Crippen molar-refractivity contribution in [3.05, 3.63) is 53.5 Å². The fourth-order valence-electron chi connectivity index (χ4n) is 1.74. The number of aromatic hydroxyl groups is 1. The SMILES string of the molecule is Cc1ccoc1CNC(C)c1cccc(O)c1. The average Bonchev–Trinajstić information content (AvgIpc) is 2.72. The number of phenols is 1. The molecule has 0 bridgehead atoms. The molecule has 0 spiro atoms. The van der Waals surface area contributed by atoms with Crippen molar-refractivity contribution in [3.8, 4) is 5.75 Å². The maximum atomic E-state index is 9.41. The summed E-state index contributed by atoms with van der Waals surface area (Å²) in [5.41, 5.74) is 2.22. The summed E-state index contributed by atoms with van der Waals surface area (Å²) in [7, 11) is 0. The van der Waals surface area contributed by atoms with E-state index < -0.39 is 0 Å². The summed E-state index contributed by atoms with van der Waals surface area (Å²) in [6.45, 7) is 4.78. The molecule has 2 rings (SSSR count).